The van der Waals surface area contributed by atoms with Gasteiger partial charge in [-0.3, -0.25) is 9.03 Å². The van der Waals surface area contributed by atoms with Crippen molar-refractivity contribution in [2.45, 2.75) is 26.2 Å². The smallest absolute Gasteiger partial charge is 0.354 e. The third-order valence-corrected chi connectivity index (χ3v) is 5.01. The van der Waals surface area contributed by atoms with Gasteiger partial charge in [0.25, 0.3) is 0 Å². The Morgan fingerprint density at radius 1 is 1.26 bits per heavy atom. The summed E-state index contributed by atoms with van der Waals surface area (Å²) in [6.07, 6.45) is 4.83. The Balaban J connectivity index is 1.65. The van der Waals surface area contributed by atoms with Crippen molar-refractivity contribution < 1.29 is 27.9 Å². The first-order valence-corrected chi connectivity index (χ1v) is 9.99. The van der Waals surface area contributed by atoms with Gasteiger partial charge in [-0.05, 0) is 56.0 Å². The Labute approximate surface area is 158 Å². The summed E-state index contributed by atoms with van der Waals surface area (Å²) < 4.78 is 32.1. The molecule has 10 heteroatoms. The normalized spacial score (nSPS) is 15.4. The van der Waals surface area contributed by atoms with Crippen LogP contribution in [-0.4, -0.2) is 49.8 Å². The fourth-order valence-electron chi connectivity index (χ4n) is 2.28. The summed E-state index contributed by atoms with van der Waals surface area (Å²) in [6, 6.07) is 7.42. The van der Waals surface area contributed by atoms with Gasteiger partial charge in [-0.1, -0.05) is 5.16 Å². The van der Waals surface area contributed by atoms with Crippen LogP contribution in [0.5, 0.6) is 5.75 Å². The molecule has 0 unspecified atom stereocenters. The van der Waals surface area contributed by atoms with Crippen LogP contribution in [0.3, 0.4) is 0 Å². The minimum atomic E-state index is -3.77. The second kappa shape index (κ2) is 9.81. The first-order valence-electron chi connectivity index (χ1n) is 8.55. The highest BCUT2D eigenvalue weighted by molar-refractivity contribution is 7.87. The molecular weight excluding hydrogens is 374 g/mol. The lowest BCUT2D eigenvalue weighted by atomic mass is 10.2. The number of carboxylic acid groups (broad SMARTS) is 1. The van der Waals surface area contributed by atoms with Crippen molar-refractivity contribution in [3.05, 3.63) is 41.7 Å². The van der Waals surface area contributed by atoms with Crippen molar-refractivity contribution in [3.8, 4) is 5.75 Å². The van der Waals surface area contributed by atoms with Crippen LogP contribution >= 0.6 is 0 Å². The molecule has 1 aromatic carbocycles. The monoisotopic (exact) mass is 397 g/mol. The number of oxime groups is 1. The molecular formula is C17H23N3O6S. The van der Waals surface area contributed by atoms with E-state index >= 15 is 0 Å². The van der Waals surface area contributed by atoms with E-state index in [0.717, 1.165) is 34.7 Å². The SMILES string of the molecule is CCON=Cc1ccc(OCCCCCN2C=C(C(=O)O)NS2(=O)=O)cc1. The average Bonchev–Trinajstić information content (AvgIpc) is 2.94. The van der Waals surface area contributed by atoms with Gasteiger partial charge in [0.05, 0.1) is 12.8 Å². The van der Waals surface area contributed by atoms with Gasteiger partial charge in [0, 0.05) is 12.7 Å². The van der Waals surface area contributed by atoms with Gasteiger partial charge in [-0.15, -0.1) is 0 Å². The zero-order valence-electron chi connectivity index (χ0n) is 15.0. The maximum atomic E-state index is 11.7. The first-order chi connectivity index (χ1) is 12.9. The van der Waals surface area contributed by atoms with E-state index in [9.17, 15) is 13.2 Å². The summed E-state index contributed by atoms with van der Waals surface area (Å²) in [6.45, 7) is 3.11. The van der Waals surface area contributed by atoms with Crippen molar-refractivity contribution >= 4 is 22.4 Å². The molecule has 0 saturated heterocycles. The number of hydrogen-bond donors (Lipinski definition) is 2. The summed E-state index contributed by atoms with van der Waals surface area (Å²) in [4.78, 5) is 15.7. The standard InChI is InChI=1S/C17H23N3O6S/c1-2-26-18-12-14-6-8-15(9-7-14)25-11-5-3-4-10-20-13-16(17(21)22)19-27(20,23)24/h6-9,12-13,19H,2-5,10-11H2,1H3,(H,21,22). The number of carboxylic acids is 1. The van der Waals surface area contributed by atoms with Crippen LogP contribution in [-0.2, 0) is 19.8 Å². The number of benzene rings is 1. The molecule has 0 aromatic heterocycles. The second-order valence-electron chi connectivity index (χ2n) is 5.70. The van der Waals surface area contributed by atoms with Crippen LogP contribution < -0.4 is 9.46 Å². The molecule has 1 aliphatic rings. The molecule has 0 radical (unpaired) electrons. The van der Waals surface area contributed by atoms with Gasteiger partial charge >= 0.3 is 16.2 Å². The molecule has 9 nitrogen and oxygen atoms in total. The van der Waals surface area contributed by atoms with Crippen molar-refractivity contribution in [2.24, 2.45) is 5.16 Å². The maximum absolute atomic E-state index is 11.7. The molecule has 0 atom stereocenters. The number of aliphatic carboxylic acids is 1. The van der Waals surface area contributed by atoms with E-state index in [0.29, 0.717) is 19.6 Å². The summed E-state index contributed by atoms with van der Waals surface area (Å²) in [5.74, 6) is -0.562. The fourth-order valence-corrected chi connectivity index (χ4v) is 3.43. The second-order valence-corrected chi connectivity index (χ2v) is 7.32. The van der Waals surface area contributed by atoms with Crippen LogP contribution in [0, 0.1) is 0 Å². The molecule has 0 bridgehead atoms. The highest BCUT2D eigenvalue weighted by Crippen LogP contribution is 2.15. The van der Waals surface area contributed by atoms with Gasteiger partial charge in [0.15, 0.2) is 5.70 Å². The number of carbonyl (C=O) groups is 1. The minimum Gasteiger partial charge on any atom is -0.494 e. The third kappa shape index (κ3) is 6.48. The van der Waals surface area contributed by atoms with E-state index in [-0.39, 0.29) is 12.2 Å². The third-order valence-electron chi connectivity index (χ3n) is 3.63. The van der Waals surface area contributed by atoms with E-state index in [2.05, 4.69) is 5.16 Å². The maximum Gasteiger partial charge on any atom is 0.354 e. The average molecular weight is 397 g/mol. The van der Waals surface area contributed by atoms with E-state index in [1.807, 2.05) is 35.9 Å². The molecule has 1 heterocycles. The highest BCUT2D eigenvalue weighted by Gasteiger charge is 2.29. The van der Waals surface area contributed by atoms with Crippen molar-refractivity contribution in [3.63, 3.8) is 0 Å². The molecule has 0 spiro atoms. The predicted octanol–water partition coefficient (Wildman–Crippen LogP) is 1.68. The Hall–Kier alpha value is -2.75. The number of ether oxygens (including phenoxy) is 1. The van der Waals surface area contributed by atoms with Crippen LogP contribution in [0.1, 0.15) is 31.7 Å². The van der Waals surface area contributed by atoms with Crippen LogP contribution in [0.4, 0.5) is 0 Å². The lowest BCUT2D eigenvalue weighted by molar-refractivity contribution is -0.132. The number of nitrogens with zero attached hydrogens (tertiary/aromatic N) is 2. The molecule has 1 aliphatic heterocycles. The van der Waals surface area contributed by atoms with Gasteiger partial charge < -0.3 is 14.7 Å². The summed E-state index contributed by atoms with van der Waals surface area (Å²) in [5.41, 5.74) is 0.568. The molecule has 27 heavy (non-hydrogen) atoms. The molecule has 0 saturated carbocycles. The largest absolute Gasteiger partial charge is 0.494 e. The number of unbranched alkanes of at least 4 members (excludes halogenated alkanes) is 2. The Morgan fingerprint density at radius 2 is 2.00 bits per heavy atom. The molecule has 0 aliphatic carbocycles. The van der Waals surface area contributed by atoms with Crippen LogP contribution in [0.2, 0.25) is 0 Å². The molecule has 1 aromatic rings. The van der Waals surface area contributed by atoms with Crippen molar-refractivity contribution in [1.82, 2.24) is 9.03 Å². The van der Waals surface area contributed by atoms with Crippen molar-refractivity contribution in [1.29, 1.82) is 0 Å². The Kier molecular flexibility index (Phi) is 7.47. The van der Waals surface area contributed by atoms with Crippen LogP contribution in [0.15, 0.2) is 41.3 Å². The summed E-state index contributed by atoms with van der Waals surface area (Å²) in [7, 11) is -3.77. The van der Waals surface area contributed by atoms with Gasteiger partial charge in [0.1, 0.15) is 12.4 Å². The lowest BCUT2D eigenvalue weighted by Crippen LogP contribution is -2.31. The lowest BCUT2D eigenvalue weighted by Gasteiger charge is -2.13. The molecule has 0 amide bonds. The topological polar surface area (TPSA) is 118 Å². The minimum absolute atomic E-state index is 0.222. The quantitative estimate of drug-likeness (QED) is 0.333. The predicted molar refractivity (Wildman–Crippen MR) is 99.5 cm³/mol. The van der Waals surface area contributed by atoms with E-state index in [1.54, 1.807) is 6.21 Å². The Bertz CT molecular complexity index is 789. The zero-order valence-corrected chi connectivity index (χ0v) is 15.8. The molecule has 0 fully saturated rings. The highest BCUT2D eigenvalue weighted by atomic mass is 32.2. The molecule has 148 valence electrons. The van der Waals surface area contributed by atoms with Gasteiger partial charge in [0.2, 0.25) is 0 Å². The number of nitrogens with one attached hydrogen (secondary N) is 1. The zero-order chi connectivity index (χ0) is 19.7. The van der Waals surface area contributed by atoms with Crippen LogP contribution in [0.25, 0.3) is 0 Å². The molecule has 2 rings (SSSR count). The molecule has 2 N–H and O–H groups in total. The number of hydrogen-bond acceptors (Lipinski definition) is 6. The van der Waals surface area contributed by atoms with E-state index in [1.165, 1.54) is 0 Å². The Morgan fingerprint density at radius 3 is 2.63 bits per heavy atom. The summed E-state index contributed by atoms with van der Waals surface area (Å²) in [5, 5.41) is 12.6. The van der Waals surface area contributed by atoms with Gasteiger partial charge in [-0.2, -0.15) is 8.42 Å². The van der Waals surface area contributed by atoms with Crippen molar-refractivity contribution in [2.75, 3.05) is 19.8 Å². The summed E-state index contributed by atoms with van der Waals surface area (Å²) >= 11 is 0. The van der Waals surface area contributed by atoms with E-state index in [4.69, 9.17) is 14.7 Å². The fraction of sp³-hybridized carbons (Fsp3) is 0.412. The van der Waals surface area contributed by atoms with E-state index < -0.39 is 16.2 Å². The first kappa shape index (κ1) is 20.6. The number of rotatable bonds is 11. The van der Waals surface area contributed by atoms with Gasteiger partial charge in [-0.25, -0.2) is 4.79 Å².